The first kappa shape index (κ1) is 30.8. The zero-order chi connectivity index (χ0) is 28.9. The highest BCUT2D eigenvalue weighted by molar-refractivity contribution is 7.92. The van der Waals surface area contributed by atoms with Gasteiger partial charge in [0.15, 0.2) is 0 Å². The predicted molar refractivity (Wildman–Crippen MR) is 157 cm³/mol. The molecule has 0 saturated carbocycles. The van der Waals surface area contributed by atoms with Crippen LogP contribution in [0.4, 0.5) is 5.69 Å². The van der Waals surface area contributed by atoms with Crippen molar-refractivity contribution >= 4 is 62.3 Å². The number of hydrogen-bond acceptors (Lipinski definition) is 4. The van der Waals surface area contributed by atoms with Gasteiger partial charge in [-0.2, -0.15) is 0 Å². The number of rotatable bonds is 10. The topological polar surface area (TPSA) is 86.8 Å². The van der Waals surface area contributed by atoms with Crippen molar-refractivity contribution in [2.24, 2.45) is 0 Å². The molecular formula is C28H30Cl3N3O4S. The van der Waals surface area contributed by atoms with Crippen LogP contribution in [-0.2, 0) is 26.2 Å². The van der Waals surface area contributed by atoms with Crippen LogP contribution in [0.1, 0.15) is 31.9 Å². The van der Waals surface area contributed by atoms with Crippen LogP contribution in [0, 0.1) is 6.92 Å². The van der Waals surface area contributed by atoms with Gasteiger partial charge < -0.3 is 10.2 Å². The summed E-state index contributed by atoms with van der Waals surface area (Å²) < 4.78 is 28.6. The van der Waals surface area contributed by atoms with Crippen LogP contribution >= 0.6 is 34.8 Å². The Balaban J connectivity index is 2.06. The van der Waals surface area contributed by atoms with Crippen LogP contribution in [0.5, 0.6) is 0 Å². The normalized spacial score (nSPS) is 12.2. The first-order valence-corrected chi connectivity index (χ1v) is 14.8. The molecule has 0 saturated heterocycles. The van der Waals surface area contributed by atoms with Crippen molar-refractivity contribution in [1.29, 1.82) is 0 Å². The number of aryl methyl sites for hydroxylation is 1. The molecule has 2 amide bonds. The lowest BCUT2D eigenvalue weighted by Gasteiger charge is -2.32. The van der Waals surface area contributed by atoms with Crippen molar-refractivity contribution < 1.29 is 18.0 Å². The molecule has 0 spiro atoms. The molecule has 0 radical (unpaired) electrons. The monoisotopic (exact) mass is 609 g/mol. The highest BCUT2D eigenvalue weighted by atomic mass is 35.5. The minimum absolute atomic E-state index is 0.0356. The van der Waals surface area contributed by atoms with Crippen molar-refractivity contribution in [2.75, 3.05) is 10.8 Å². The summed E-state index contributed by atoms with van der Waals surface area (Å²) in [5.74, 6) is -1.01. The van der Waals surface area contributed by atoms with Crippen LogP contribution in [0.15, 0.2) is 71.6 Å². The molecule has 0 unspecified atom stereocenters. The largest absolute Gasteiger partial charge is 0.352 e. The van der Waals surface area contributed by atoms with E-state index in [1.54, 1.807) is 63.2 Å². The van der Waals surface area contributed by atoms with Gasteiger partial charge in [0.05, 0.1) is 10.6 Å². The minimum atomic E-state index is -4.19. The van der Waals surface area contributed by atoms with Gasteiger partial charge in [0.25, 0.3) is 10.0 Å². The number of nitrogens with one attached hydrogen (secondary N) is 1. The van der Waals surface area contributed by atoms with E-state index >= 15 is 0 Å². The van der Waals surface area contributed by atoms with Crippen molar-refractivity contribution in [2.45, 2.75) is 51.2 Å². The van der Waals surface area contributed by atoms with Crippen molar-refractivity contribution in [3.63, 3.8) is 0 Å². The van der Waals surface area contributed by atoms with E-state index < -0.39 is 34.4 Å². The molecule has 0 aromatic heterocycles. The molecule has 7 nitrogen and oxygen atoms in total. The SMILES string of the molecule is Cc1ccc(N(CC(=O)N(Cc2c(Cl)cccc2Cl)[C@@H](C)C(=O)NC(C)C)S(=O)(=O)c2ccc(Cl)cc2)cc1. The molecule has 1 N–H and O–H groups in total. The van der Waals surface area contributed by atoms with Gasteiger partial charge in [-0.15, -0.1) is 0 Å². The molecule has 3 rings (SSSR count). The number of carbonyl (C=O) groups is 2. The zero-order valence-electron chi connectivity index (χ0n) is 22.0. The molecule has 1 atom stereocenters. The Morgan fingerprint density at radius 3 is 1.97 bits per heavy atom. The zero-order valence-corrected chi connectivity index (χ0v) is 25.1. The van der Waals surface area contributed by atoms with E-state index in [0.29, 0.717) is 26.3 Å². The highest BCUT2D eigenvalue weighted by Crippen LogP contribution is 2.29. The average Bonchev–Trinajstić information content (AvgIpc) is 2.87. The van der Waals surface area contributed by atoms with Gasteiger partial charge in [-0.05, 0) is 76.2 Å². The molecule has 208 valence electrons. The summed E-state index contributed by atoms with van der Waals surface area (Å²) in [7, 11) is -4.19. The predicted octanol–water partition coefficient (Wildman–Crippen LogP) is 6.09. The number of halogens is 3. The number of sulfonamides is 1. The molecular weight excluding hydrogens is 581 g/mol. The van der Waals surface area contributed by atoms with E-state index in [9.17, 15) is 18.0 Å². The lowest BCUT2D eigenvalue weighted by atomic mass is 10.1. The second-order valence-corrected chi connectivity index (χ2v) is 12.5. The van der Waals surface area contributed by atoms with Crippen LogP contribution in [0.25, 0.3) is 0 Å². The third-order valence-corrected chi connectivity index (χ3v) is 8.74. The van der Waals surface area contributed by atoms with Crippen molar-refractivity contribution in [3.05, 3.63) is 92.9 Å². The van der Waals surface area contributed by atoms with Gasteiger partial charge in [-0.25, -0.2) is 8.42 Å². The quantitative estimate of drug-likeness (QED) is 0.301. The van der Waals surface area contributed by atoms with E-state index in [2.05, 4.69) is 5.32 Å². The van der Waals surface area contributed by atoms with Gasteiger partial charge in [0, 0.05) is 33.2 Å². The Bertz CT molecular complexity index is 1410. The second-order valence-electron chi connectivity index (χ2n) is 9.36. The molecule has 0 aliphatic heterocycles. The smallest absolute Gasteiger partial charge is 0.264 e. The molecule has 39 heavy (non-hydrogen) atoms. The van der Waals surface area contributed by atoms with Crippen LogP contribution < -0.4 is 9.62 Å². The van der Waals surface area contributed by atoms with E-state index in [4.69, 9.17) is 34.8 Å². The summed E-state index contributed by atoms with van der Waals surface area (Å²) in [6.45, 7) is 6.38. The van der Waals surface area contributed by atoms with Crippen LogP contribution in [0.2, 0.25) is 15.1 Å². The van der Waals surface area contributed by atoms with Crippen molar-refractivity contribution in [3.8, 4) is 0 Å². The summed E-state index contributed by atoms with van der Waals surface area (Å²) in [5.41, 5.74) is 1.66. The lowest BCUT2D eigenvalue weighted by molar-refractivity contribution is -0.139. The number of benzene rings is 3. The molecule has 0 aliphatic rings. The third-order valence-electron chi connectivity index (χ3n) is 5.99. The van der Waals surface area contributed by atoms with E-state index in [-0.39, 0.29) is 17.5 Å². The molecule has 0 fully saturated rings. The first-order chi connectivity index (χ1) is 18.3. The Labute approximate surface area is 244 Å². The van der Waals surface area contributed by atoms with Gasteiger partial charge >= 0.3 is 0 Å². The summed E-state index contributed by atoms with van der Waals surface area (Å²) in [6.07, 6.45) is 0. The maximum atomic E-state index is 13.9. The summed E-state index contributed by atoms with van der Waals surface area (Å²) in [4.78, 5) is 28.2. The maximum Gasteiger partial charge on any atom is 0.264 e. The number of anilines is 1. The number of amides is 2. The third kappa shape index (κ3) is 7.66. The van der Waals surface area contributed by atoms with Gasteiger partial charge in [0.1, 0.15) is 12.6 Å². The summed E-state index contributed by atoms with van der Waals surface area (Å²) in [5, 5.41) is 3.82. The molecule has 3 aromatic rings. The van der Waals surface area contributed by atoms with Gasteiger partial charge in [0.2, 0.25) is 11.8 Å². The fourth-order valence-electron chi connectivity index (χ4n) is 3.82. The molecule has 11 heteroatoms. The maximum absolute atomic E-state index is 13.9. The molecule has 0 heterocycles. The standard InChI is InChI=1S/C28H30Cl3N3O4S/c1-18(2)32-28(36)20(4)33(16-24-25(30)6-5-7-26(24)31)27(35)17-34(22-12-8-19(3)9-13-22)39(37,38)23-14-10-21(29)11-15-23/h5-15,18,20H,16-17H2,1-4H3,(H,32,36)/t20-/m0/s1. The van der Waals surface area contributed by atoms with Gasteiger partial charge in [-0.3, -0.25) is 13.9 Å². The Morgan fingerprint density at radius 1 is 0.872 bits per heavy atom. The number of carbonyl (C=O) groups excluding carboxylic acids is 2. The van der Waals surface area contributed by atoms with E-state index in [1.807, 2.05) is 6.92 Å². The van der Waals surface area contributed by atoms with Gasteiger partial charge in [-0.1, -0.05) is 58.6 Å². The van der Waals surface area contributed by atoms with Crippen molar-refractivity contribution in [1.82, 2.24) is 10.2 Å². The highest BCUT2D eigenvalue weighted by Gasteiger charge is 2.33. The Hall–Kier alpha value is -2.78. The first-order valence-electron chi connectivity index (χ1n) is 12.2. The average molecular weight is 611 g/mol. The Morgan fingerprint density at radius 2 is 1.44 bits per heavy atom. The molecule has 0 bridgehead atoms. The van der Waals surface area contributed by atoms with Crippen LogP contribution in [0.3, 0.4) is 0 Å². The van der Waals surface area contributed by atoms with E-state index in [1.165, 1.54) is 29.2 Å². The Kier molecular flexibility index (Phi) is 10.3. The summed E-state index contributed by atoms with van der Waals surface area (Å²) >= 11 is 18.8. The van der Waals surface area contributed by atoms with E-state index in [0.717, 1.165) is 9.87 Å². The van der Waals surface area contributed by atoms with Crippen LogP contribution in [-0.4, -0.2) is 43.8 Å². The molecule has 0 aliphatic carbocycles. The second kappa shape index (κ2) is 13.0. The number of nitrogens with zero attached hydrogens (tertiary/aromatic N) is 2. The lowest BCUT2D eigenvalue weighted by Crippen LogP contribution is -2.52. The minimum Gasteiger partial charge on any atom is -0.352 e. The number of hydrogen-bond donors (Lipinski definition) is 1. The molecule has 3 aromatic carbocycles. The fraction of sp³-hybridized carbons (Fsp3) is 0.286. The summed E-state index contributed by atoms with van der Waals surface area (Å²) in [6, 6.07) is 16.3. The fourth-order valence-corrected chi connectivity index (χ4v) is 5.87.